The van der Waals surface area contributed by atoms with Crippen LogP contribution >= 0.6 is 0 Å². The minimum atomic E-state index is -1.23. The van der Waals surface area contributed by atoms with E-state index in [4.69, 9.17) is 4.74 Å². The van der Waals surface area contributed by atoms with E-state index >= 15 is 0 Å². The third-order valence-corrected chi connectivity index (χ3v) is 8.58. The maximum atomic E-state index is 12.2. The monoisotopic (exact) mass is 655 g/mol. The fourth-order valence-corrected chi connectivity index (χ4v) is 5.62. The standard InChI is InChI=1S/C29H50N4O4.C8H10.C2H6/c1-7-11-24(20(3)8-2)32-18-23-16-15-22-13-9-12-21(26(22)37-23)14-10-17-31-25(34)19-33-28(35)27(30-6)29(4,5)36;1-7-3-5-8(2)6-4-7;1-2/h9,12-13,20,23-24,27,30,32,36H,7-8,10-11,14-19H2,1-6H3,(H,31,34)(H,33,35);3-6H,1-2H3;1-2H3. The van der Waals surface area contributed by atoms with Crippen molar-refractivity contribution in [1.82, 2.24) is 21.3 Å². The molecule has 0 aliphatic carbocycles. The van der Waals surface area contributed by atoms with Gasteiger partial charge in [0.25, 0.3) is 0 Å². The number of aryl methyl sites for hydroxylation is 4. The molecular formula is C39H66N4O4. The van der Waals surface area contributed by atoms with E-state index in [0.29, 0.717) is 18.5 Å². The summed E-state index contributed by atoms with van der Waals surface area (Å²) in [5.41, 5.74) is 3.87. The number of rotatable bonds is 16. The quantitative estimate of drug-likeness (QED) is 0.141. The minimum absolute atomic E-state index is 0.124. The second-order valence-electron chi connectivity index (χ2n) is 13.1. The summed E-state index contributed by atoms with van der Waals surface area (Å²) in [7, 11) is 1.60. The van der Waals surface area contributed by atoms with Crippen LogP contribution in [0.1, 0.15) is 103 Å². The van der Waals surface area contributed by atoms with Crippen LogP contribution in [-0.2, 0) is 22.4 Å². The molecule has 266 valence electrons. The first-order valence-electron chi connectivity index (χ1n) is 17.9. The highest BCUT2D eigenvalue weighted by Gasteiger charge is 2.32. The topological polar surface area (TPSA) is 112 Å². The summed E-state index contributed by atoms with van der Waals surface area (Å²) in [5.74, 6) is 1.01. The number of carbonyl (C=O) groups excluding carboxylic acids is 2. The number of fused-ring (bicyclic) bond motifs is 1. The number of aliphatic hydroxyl groups is 1. The van der Waals surface area contributed by atoms with Gasteiger partial charge in [-0.15, -0.1) is 0 Å². The molecule has 2 aromatic carbocycles. The zero-order valence-corrected chi connectivity index (χ0v) is 31.1. The lowest BCUT2D eigenvalue weighted by atomic mass is 9.94. The molecule has 5 N–H and O–H groups in total. The van der Waals surface area contributed by atoms with Crippen LogP contribution in [-0.4, -0.2) is 67.4 Å². The van der Waals surface area contributed by atoms with E-state index in [0.717, 1.165) is 38.0 Å². The van der Waals surface area contributed by atoms with Gasteiger partial charge < -0.3 is 31.1 Å². The van der Waals surface area contributed by atoms with Gasteiger partial charge in [-0.05, 0) is 83.9 Å². The fraction of sp³-hybridized carbons (Fsp3) is 0.641. The van der Waals surface area contributed by atoms with Crippen LogP contribution < -0.4 is 26.0 Å². The molecule has 1 aliphatic rings. The molecule has 0 bridgehead atoms. The lowest BCUT2D eigenvalue weighted by molar-refractivity contribution is -0.131. The highest BCUT2D eigenvalue weighted by Crippen LogP contribution is 2.32. The number of likely N-dealkylation sites (N-methyl/N-ethyl adjacent to an activating group) is 1. The smallest absolute Gasteiger partial charge is 0.240 e. The van der Waals surface area contributed by atoms with Crippen LogP contribution in [0.3, 0.4) is 0 Å². The summed E-state index contributed by atoms with van der Waals surface area (Å²) in [6.07, 6.45) is 7.34. The maximum absolute atomic E-state index is 12.2. The van der Waals surface area contributed by atoms with Crippen molar-refractivity contribution in [2.45, 2.75) is 131 Å². The van der Waals surface area contributed by atoms with E-state index in [9.17, 15) is 14.7 Å². The van der Waals surface area contributed by atoms with Gasteiger partial charge >= 0.3 is 0 Å². The van der Waals surface area contributed by atoms with Crippen molar-refractivity contribution in [3.05, 3.63) is 64.7 Å². The SMILES string of the molecule is CC.CCCC(NCC1CCc2cccc(CCCNC(=O)CNC(=O)C(NC)C(C)(C)O)c2O1)C(C)CC.Cc1ccc(C)cc1. The number of benzene rings is 2. The third-order valence-electron chi connectivity index (χ3n) is 8.58. The molecule has 2 aromatic rings. The molecule has 0 radical (unpaired) electrons. The molecule has 4 unspecified atom stereocenters. The fourth-order valence-electron chi connectivity index (χ4n) is 5.62. The molecule has 8 heteroatoms. The number of para-hydroxylation sites is 1. The highest BCUT2D eigenvalue weighted by atomic mass is 16.5. The van der Waals surface area contributed by atoms with Gasteiger partial charge in [0, 0.05) is 19.1 Å². The van der Waals surface area contributed by atoms with Gasteiger partial charge in [0.05, 0.1) is 12.1 Å². The second-order valence-corrected chi connectivity index (χ2v) is 13.1. The first-order valence-corrected chi connectivity index (χ1v) is 17.9. The summed E-state index contributed by atoms with van der Waals surface area (Å²) in [6.45, 7) is 19.4. The molecule has 47 heavy (non-hydrogen) atoms. The van der Waals surface area contributed by atoms with Gasteiger partial charge in [-0.25, -0.2) is 0 Å². The normalized spacial score (nSPS) is 15.7. The summed E-state index contributed by atoms with van der Waals surface area (Å²) < 4.78 is 6.48. The Morgan fingerprint density at radius 3 is 2.21 bits per heavy atom. The second kappa shape index (κ2) is 22.6. The van der Waals surface area contributed by atoms with Crippen LogP contribution in [0.4, 0.5) is 0 Å². The van der Waals surface area contributed by atoms with Crippen LogP contribution in [0.15, 0.2) is 42.5 Å². The van der Waals surface area contributed by atoms with E-state index in [1.165, 1.54) is 41.5 Å². The number of amides is 2. The summed E-state index contributed by atoms with van der Waals surface area (Å²) in [4.78, 5) is 24.4. The van der Waals surface area contributed by atoms with Gasteiger partial charge in [-0.1, -0.05) is 101 Å². The largest absolute Gasteiger partial charge is 0.489 e. The molecule has 0 saturated carbocycles. The average molecular weight is 655 g/mol. The molecule has 3 rings (SSSR count). The Hall–Kier alpha value is -2.94. The van der Waals surface area contributed by atoms with Gasteiger partial charge in [0.1, 0.15) is 17.9 Å². The predicted octanol–water partition coefficient (Wildman–Crippen LogP) is 6.04. The molecule has 0 saturated heterocycles. The van der Waals surface area contributed by atoms with Crippen molar-refractivity contribution in [1.29, 1.82) is 0 Å². The molecule has 0 fully saturated rings. The van der Waals surface area contributed by atoms with Crippen LogP contribution in [0.5, 0.6) is 5.75 Å². The number of carbonyl (C=O) groups is 2. The van der Waals surface area contributed by atoms with Gasteiger partial charge in [0.2, 0.25) is 11.8 Å². The molecule has 0 aromatic heterocycles. The zero-order chi connectivity index (χ0) is 35.4. The minimum Gasteiger partial charge on any atom is -0.489 e. The van der Waals surface area contributed by atoms with Crippen LogP contribution in [0, 0.1) is 19.8 Å². The molecule has 2 amide bonds. The Morgan fingerprint density at radius 2 is 1.66 bits per heavy atom. The first kappa shape index (κ1) is 42.1. The van der Waals surface area contributed by atoms with Gasteiger partial charge in [-0.2, -0.15) is 0 Å². The van der Waals surface area contributed by atoms with Gasteiger partial charge in [-0.3, -0.25) is 9.59 Å². The zero-order valence-electron chi connectivity index (χ0n) is 31.1. The average Bonchev–Trinajstić information content (AvgIpc) is 3.06. The Morgan fingerprint density at radius 1 is 1.02 bits per heavy atom. The van der Waals surface area contributed by atoms with Crippen molar-refractivity contribution in [3.63, 3.8) is 0 Å². The number of ether oxygens (including phenoxy) is 1. The summed E-state index contributed by atoms with van der Waals surface area (Å²) in [5, 5.41) is 22.1. The van der Waals surface area contributed by atoms with Crippen molar-refractivity contribution in [2.24, 2.45) is 5.92 Å². The van der Waals surface area contributed by atoms with E-state index < -0.39 is 17.6 Å². The number of nitrogens with one attached hydrogen (secondary N) is 4. The molecule has 1 heterocycles. The lowest BCUT2D eigenvalue weighted by Gasteiger charge is -2.31. The van der Waals surface area contributed by atoms with Gasteiger partial charge in [0.15, 0.2) is 0 Å². The van der Waals surface area contributed by atoms with E-state index in [1.54, 1.807) is 20.9 Å². The maximum Gasteiger partial charge on any atom is 0.240 e. The Balaban J connectivity index is 0.000000946. The molecular weight excluding hydrogens is 588 g/mol. The van der Waals surface area contributed by atoms with Crippen molar-refractivity contribution in [3.8, 4) is 5.75 Å². The van der Waals surface area contributed by atoms with E-state index in [2.05, 4.69) is 98.4 Å². The Labute approximate surface area is 286 Å². The Kier molecular flexibility index (Phi) is 20.2. The molecule has 8 nitrogen and oxygen atoms in total. The summed E-state index contributed by atoms with van der Waals surface area (Å²) in [6, 6.07) is 14.6. The van der Waals surface area contributed by atoms with Crippen molar-refractivity contribution in [2.75, 3.05) is 26.7 Å². The highest BCUT2D eigenvalue weighted by molar-refractivity contribution is 5.88. The van der Waals surface area contributed by atoms with E-state index in [-0.39, 0.29) is 18.6 Å². The first-order chi connectivity index (χ1) is 22.4. The lowest BCUT2D eigenvalue weighted by Crippen LogP contribution is -2.56. The van der Waals surface area contributed by atoms with Crippen molar-refractivity contribution < 1.29 is 19.4 Å². The van der Waals surface area contributed by atoms with Crippen LogP contribution in [0.2, 0.25) is 0 Å². The molecule has 4 atom stereocenters. The number of hydrogen-bond acceptors (Lipinski definition) is 6. The third kappa shape index (κ3) is 15.7. The van der Waals surface area contributed by atoms with Crippen molar-refractivity contribution >= 4 is 11.8 Å². The van der Waals surface area contributed by atoms with E-state index in [1.807, 2.05) is 13.8 Å². The number of hydrogen-bond donors (Lipinski definition) is 5. The Bertz CT molecular complexity index is 1140. The predicted molar refractivity (Wildman–Crippen MR) is 196 cm³/mol. The summed E-state index contributed by atoms with van der Waals surface area (Å²) >= 11 is 0. The van der Waals surface area contributed by atoms with Crippen LogP contribution in [0.25, 0.3) is 0 Å². The molecule has 0 spiro atoms. The molecule has 1 aliphatic heterocycles.